The molecule has 5 nitrogen and oxygen atoms in total. The van der Waals surface area contributed by atoms with Gasteiger partial charge in [0.15, 0.2) is 12.0 Å². The predicted octanol–water partition coefficient (Wildman–Crippen LogP) is 3.95. The van der Waals surface area contributed by atoms with Gasteiger partial charge in [0.1, 0.15) is 0 Å². The van der Waals surface area contributed by atoms with Crippen LogP contribution < -0.4 is 5.32 Å². The molecule has 0 aliphatic carbocycles. The van der Waals surface area contributed by atoms with E-state index < -0.39 is 12.1 Å². The molecular formula is C18H16ClFN4O. The molecule has 1 atom stereocenters. The Bertz CT molecular complexity index is 865. The predicted molar refractivity (Wildman–Crippen MR) is 95.2 cm³/mol. The highest BCUT2D eigenvalue weighted by Crippen LogP contribution is 2.25. The molecule has 25 heavy (non-hydrogen) atoms. The number of H-pyrrole nitrogens is 1. The zero-order valence-electron chi connectivity index (χ0n) is 13.5. The highest BCUT2D eigenvalue weighted by atomic mass is 35.5. The van der Waals surface area contributed by atoms with Crippen LogP contribution in [-0.4, -0.2) is 27.3 Å². The van der Waals surface area contributed by atoms with Crippen molar-refractivity contribution in [3.05, 3.63) is 64.9 Å². The molecule has 0 aliphatic heterocycles. The van der Waals surface area contributed by atoms with Crippen LogP contribution in [0.1, 0.15) is 11.1 Å². The molecule has 0 radical (unpaired) electrons. The molecule has 1 aromatic carbocycles. The maximum atomic E-state index is 14.2. The summed E-state index contributed by atoms with van der Waals surface area (Å²) in [6.07, 6.45) is 1.63. The summed E-state index contributed by atoms with van der Waals surface area (Å²) in [5.74, 6) is -0.415. The topological polar surface area (TPSA) is 70.7 Å². The van der Waals surface area contributed by atoms with E-state index in [1.807, 2.05) is 12.1 Å². The van der Waals surface area contributed by atoms with E-state index in [0.717, 1.165) is 16.8 Å². The summed E-state index contributed by atoms with van der Waals surface area (Å²) in [4.78, 5) is 16.1. The fourth-order valence-electron chi connectivity index (χ4n) is 2.43. The number of aromatic nitrogens is 3. The Labute approximate surface area is 149 Å². The van der Waals surface area contributed by atoms with Crippen molar-refractivity contribution in [3.8, 4) is 11.3 Å². The van der Waals surface area contributed by atoms with Gasteiger partial charge < -0.3 is 5.32 Å². The first kappa shape index (κ1) is 17.1. The number of hydrogen-bond acceptors (Lipinski definition) is 3. The molecule has 3 rings (SSSR count). The number of anilines is 1. The van der Waals surface area contributed by atoms with Crippen LogP contribution in [0.15, 0.2) is 48.8 Å². The maximum absolute atomic E-state index is 14.2. The molecule has 0 spiro atoms. The maximum Gasteiger partial charge on any atom is 0.260 e. The van der Waals surface area contributed by atoms with Gasteiger partial charge in [-0.25, -0.2) is 4.39 Å². The molecule has 128 valence electrons. The third-order valence-electron chi connectivity index (χ3n) is 3.83. The SMILES string of the molecule is Cc1c(NC(=O)C(F)Cc2ccc(Cl)cc2)n[nH]c1-c1ccncc1. The lowest BCUT2D eigenvalue weighted by atomic mass is 10.1. The minimum atomic E-state index is -1.68. The third kappa shape index (κ3) is 4.03. The van der Waals surface area contributed by atoms with Crippen molar-refractivity contribution < 1.29 is 9.18 Å². The molecule has 0 saturated heterocycles. The Morgan fingerprint density at radius 3 is 2.60 bits per heavy atom. The summed E-state index contributed by atoms with van der Waals surface area (Å²) in [6.45, 7) is 1.81. The molecule has 3 aromatic rings. The fraction of sp³-hybridized carbons (Fsp3) is 0.167. The fourth-order valence-corrected chi connectivity index (χ4v) is 2.56. The Morgan fingerprint density at radius 2 is 1.92 bits per heavy atom. The van der Waals surface area contributed by atoms with E-state index in [1.54, 1.807) is 43.6 Å². The second-order valence-electron chi connectivity index (χ2n) is 5.60. The van der Waals surface area contributed by atoms with Crippen molar-refractivity contribution in [2.75, 3.05) is 5.32 Å². The van der Waals surface area contributed by atoms with Gasteiger partial charge >= 0.3 is 0 Å². The monoisotopic (exact) mass is 358 g/mol. The first-order chi connectivity index (χ1) is 12.0. The lowest BCUT2D eigenvalue weighted by Crippen LogP contribution is -2.26. The van der Waals surface area contributed by atoms with Gasteiger partial charge in [-0.3, -0.25) is 14.9 Å². The quantitative estimate of drug-likeness (QED) is 0.725. The van der Waals surface area contributed by atoms with E-state index in [0.29, 0.717) is 16.4 Å². The Kier molecular flexibility index (Phi) is 5.09. The van der Waals surface area contributed by atoms with Crippen molar-refractivity contribution in [2.24, 2.45) is 0 Å². The molecule has 2 aromatic heterocycles. The molecule has 0 aliphatic rings. The Balaban J connectivity index is 1.68. The first-order valence-corrected chi connectivity index (χ1v) is 8.07. The summed E-state index contributed by atoms with van der Waals surface area (Å²) in [5.41, 5.74) is 3.07. The largest absolute Gasteiger partial charge is 0.306 e. The average molecular weight is 359 g/mol. The van der Waals surface area contributed by atoms with Gasteiger partial charge in [-0.1, -0.05) is 23.7 Å². The van der Waals surface area contributed by atoms with Crippen molar-refractivity contribution in [1.82, 2.24) is 15.2 Å². The molecule has 2 N–H and O–H groups in total. The van der Waals surface area contributed by atoms with Gasteiger partial charge in [0.25, 0.3) is 5.91 Å². The smallest absolute Gasteiger partial charge is 0.260 e. The molecule has 0 saturated carbocycles. The number of rotatable bonds is 5. The standard InChI is InChI=1S/C18H16ClFN4O/c1-11-16(13-6-8-21-9-7-13)23-24-17(11)22-18(25)15(20)10-12-2-4-14(19)5-3-12/h2-9,15H,10H2,1H3,(H2,22,23,24,25). The second kappa shape index (κ2) is 7.44. The minimum absolute atomic E-state index is 0.0241. The van der Waals surface area contributed by atoms with Crippen LogP contribution in [0.3, 0.4) is 0 Å². The summed E-state index contributed by atoms with van der Waals surface area (Å²) >= 11 is 5.80. The number of amides is 1. The van der Waals surface area contributed by atoms with E-state index in [4.69, 9.17) is 11.6 Å². The molecule has 2 heterocycles. The van der Waals surface area contributed by atoms with Gasteiger partial charge in [-0.15, -0.1) is 0 Å². The number of alkyl halides is 1. The summed E-state index contributed by atoms with van der Waals surface area (Å²) in [7, 11) is 0. The van der Waals surface area contributed by atoms with Crippen LogP contribution in [0.4, 0.5) is 10.2 Å². The Hall–Kier alpha value is -2.73. The number of carbonyl (C=O) groups is 1. The average Bonchev–Trinajstić information content (AvgIpc) is 2.98. The lowest BCUT2D eigenvalue weighted by Gasteiger charge is -2.09. The van der Waals surface area contributed by atoms with Gasteiger partial charge in [0.2, 0.25) is 0 Å². The van der Waals surface area contributed by atoms with Gasteiger partial charge in [0, 0.05) is 35.0 Å². The van der Waals surface area contributed by atoms with E-state index in [9.17, 15) is 9.18 Å². The molecule has 1 unspecified atom stereocenters. The Morgan fingerprint density at radius 1 is 1.24 bits per heavy atom. The van der Waals surface area contributed by atoms with Crippen molar-refractivity contribution in [2.45, 2.75) is 19.5 Å². The number of nitrogens with one attached hydrogen (secondary N) is 2. The normalized spacial score (nSPS) is 12.0. The van der Waals surface area contributed by atoms with E-state index in [-0.39, 0.29) is 6.42 Å². The number of carbonyl (C=O) groups excluding carboxylic acids is 1. The van der Waals surface area contributed by atoms with Crippen LogP contribution in [0.2, 0.25) is 5.02 Å². The van der Waals surface area contributed by atoms with Gasteiger partial charge in [-0.05, 0) is 36.8 Å². The lowest BCUT2D eigenvalue weighted by molar-refractivity contribution is -0.120. The number of halogens is 2. The van der Waals surface area contributed by atoms with E-state index in [2.05, 4.69) is 20.5 Å². The highest BCUT2D eigenvalue weighted by Gasteiger charge is 2.21. The number of pyridine rings is 1. The highest BCUT2D eigenvalue weighted by molar-refractivity contribution is 6.30. The van der Waals surface area contributed by atoms with E-state index in [1.165, 1.54) is 0 Å². The summed E-state index contributed by atoms with van der Waals surface area (Å²) in [6, 6.07) is 10.4. The van der Waals surface area contributed by atoms with Crippen molar-refractivity contribution in [3.63, 3.8) is 0 Å². The van der Waals surface area contributed by atoms with Crippen LogP contribution in [0.5, 0.6) is 0 Å². The molecule has 1 amide bonds. The zero-order chi connectivity index (χ0) is 17.8. The number of aromatic amines is 1. The number of nitrogens with zero attached hydrogens (tertiary/aromatic N) is 2. The summed E-state index contributed by atoms with van der Waals surface area (Å²) in [5, 5.41) is 10.0. The molecule has 0 fully saturated rings. The van der Waals surface area contributed by atoms with Crippen LogP contribution >= 0.6 is 11.6 Å². The zero-order valence-corrected chi connectivity index (χ0v) is 14.2. The van der Waals surface area contributed by atoms with Crippen LogP contribution in [-0.2, 0) is 11.2 Å². The van der Waals surface area contributed by atoms with Crippen LogP contribution in [0, 0.1) is 6.92 Å². The van der Waals surface area contributed by atoms with Crippen molar-refractivity contribution >= 4 is 23.3 Å². The number of hydrogen-bond donors (Lipinski definition) is 2. The third-order valence-corrected chi connectivity index (χ3v) is 4.08. The van der Waals surface area contributed by atoms with Gasteiger partial charge in [-0.2, -0.15) is 5.10 Å². The molecule has 7 heteroatoms. The first-order valence-electron chi connectivity index (χ1n) is 7.69. The van der Waals surface area contributed by atoms with Crippen molar-refractivity contribution in [1.29, 1.82) is 0 Å². The molecular weight excluding hydrogens is 343 g/mol. The second-order valence-corrected chi connectivity index (χ2v) is 6.03. The summed E-state index contributed by atoms with van der Waals surface area (Å²) < 4.78 is 14.2. The number of benzene rings is 1. The van der Waals surface area contributed by atoms with Gasteiger partial charge in [0.05, 0.1) is 5.69 Å². The molecule has 0 bridgehead atoms. The van der Waals surface area contributed by atoms with E-state index >= 15 is 0 Å². The van der Waals surface area contributed by atoms with Crippen LogP contribution in [0.25, 0.3) is 11.3 Å². The minimum Gasteiger partial charge on any atom is -0.306 e.